The number of hydrogen-bond acceptors (Lipinski definition) is 8. The van der Waals surface area contributed by atoms with E-state index in [0.717, 1.165) is 58.1 Å². The Kier molecular flexibility index (Phi) is 7.56. The van der Waals surface area contributed by atoms with E-state index in [4.69, 9.17) is 19.3 Å². The molecule has 2 aliphatic rings. The number of amides is 1. The molecule has 0 spiro atoms. The zero-order valence-electron chi connectivity index (χ0n) is 22.9. The maximum Gasteiger partial charge on any atom is 0.312 e. The average Bonchev–Trinajstić information content (AvgIpc) is 3.70. The average molecular weight is 571 g/mol. The summed E-state index contributed by atoms with van der Waals surface area (Å²) in [4.78, 5) is 31.4. The minimum Gasteiger partial charge on any atom is -0.497 e. The van der Waals surface area contributed by atoms with Gasteiger partial charge in [-0.05, 0) is 66.3 Å². The molecule has 2 aromatic carbocycles. The van der Waals surface area contributed by atoms with Crippen LogP contribution in [0.4, 0.5) is 0 Å². The van der Waals surface area contributed by atoms with Crippen molar-refractivity contribution in [1.82, 2.24) is 14.4 Å². The van der Waals surface area contributed by atoms with Gasteiger partial charge in [0.25, 0.3) is 5.91 Å². The van der Waals surface area contributed by atoms with Gasteiger partial charge in [0, 0.05) is 23.7 Å². The second kappa shape index (κ2) is 11.6. The first-order valence-corrected chi connectivity index (χ1v) is 14.4. The topological polar surface area (TPSA) is 94.7 Å². The summed E-state index contributed by atoms with van der Waals surface area (Å²) in [6.45, 7) is -0.394. The van der Waals surface area contributed by atoms with Crippen molar-refractivity contribution in [2.24, 2.45) is 11.0 Å². The van der Waals surface area contributed by atoms with Crippen LogP contribution >= 0.6 is 11.3 Å². The Morgan fingerprint density at radius 2 is 1.78 bits per heavy atom. The Morgan fingerprint density at radius 1 is 1.05 bits per heavy atom. The normalized spacial score (nSPS) is 19.2. The molecule has 2 unspecified atom stereocenters. The minimum absolute atomic E-state index is 0.00449. The van der Waals surface area contributed by atoms with Crippen molar-refractivity contribution >= 4 is 40.0 Å². The third-order valence-corrected chi connectivity index (χ3v) is 8.27. The highest BCUT2D eigenvalue weighted by Crippen LogP contribution is 2.44. The predicted octanol–water partition coefficient (Wildman–Crippen LogP) is 5.32. The zero-order valence-corrected chi connectivity index (χ0v) is 23.7. The summed E-state index contributed by atoms with van der Waals surface area (Å²) >= 11 is 1.49. The van der Waals surface area contributed by atoms with Gasteiger partial charge in [0.05, 0.1) is 38.1 Å². The molecule has 41 heavy (non-hydrogen) atoms. The number of hydrazone groups is 1. The highest BCUT2D eigenvalue weighted by atomic mass is 32.1. The number of allylic oxidation sites excluding steroid dienone is 1. The summed E-state index contributed by atoms with van der Waals surface area (Å²) in [6, 6.07) is 15.3. The van der Waals surface area contributed by atoms with Gasteiger partial charge in [0.1, 0.15) is 11.5 Å². The number of imidazole rings is 1. The van der Waals surface area contributed by atoms with Crippen molar-refractivity contribution in [3.8, 4) is 11.5 Å². The largest absolute Gasteiger partial charge is 0.497 e. The molecule has 1 aliphatic carbocycles. The second-order valence-corrected chi connectivity index (χ2v) is 10.9. The number of rotatable bonds is 8. The summed E-state index contributed by atoms with van der Waals surface area (Å²) in [6.07, 6.45) is 8.56. The van der Waals surface area contributed by atoms with E-state index in [1.807, 2.05) is 64.5 Å². The third-order valence-electron chi connectivity index (χ3n) is 7.50. The van der Waals surface area contributed by atoms with Crippen LogP contribution < -0.4 is 9.47 Å². The fraction of sp³-hybridized carbons (Fsp3) is 0.290. The van der Waals surface area contributed by atoms with Crippen LogP contribution in [0, 0.1) is 5.92 Å². The van der Waals surface area contributed by atoms with E-state index in [9.17, 15) is 9.59 Å². The van der Waals surface area contributed by atoms with Crippen molar-refractivity contribution in [3.63, 3.8) is 0 Å². The number of ether oxygens (including phenoxy) is 3. The van der Waals surface area contributed by atoms with E-state index in [-0.39, 0.29) is 24.3 Å². The molecule has 3 heterocycles. The van der Waals surface area contributed by atoms with Crippen molar-refractivity contribution in [1.29, 1.82) is 0 Å². The first-order chi connectivity index (χ1) is 20.0. The van der Waals surface area contributed by atoms with Crippen molar-refractivity contribution < 1.29 is 23.8 Å². The molecular formula is C31H30N4O5S. The van der Waals surface area contributed by atoms with Gasteiger partial charge in [-0.1, -0.05) is 24.3 Å². The number of hydrogen-bond donors (Lipinski definition) is 0. The SMILES string of the molecule is COc1ccc(C=C2CCCC3C2=NN(C(=O)COC(=O)Cc2cn4ccsc4n2)C3c2ccc(OC)cc2)cc1. The number of esters is 1. The Morgan fingerprint density at radius 3 is 2.49 bits per heavy atom. The molecule has 0 N–H and O–H groups in total. The van der Waals surface area contributed by atoms with E-state index in [1.165, 1.54) is 16.3 Å². The van der Waals surface area contributed by atoms with Crippen molar-refractivity contribution in [2.45, 2.75) is 31.7 Å². The first-order valence-electron chi connectivity index (χ1n) is 13.5. The molecule has 9 nitrogen and oxygen atoms in total. The number of carbonyl (C=O) groups excluding carboxylic acids is 2. The highest BCUT2D eigenvalue weighted by molar-refractivity contribution is 7.15. The monoisotopic (exact) mass is 570 g/mol. The Balaban J connectivity index is 1.23. The lowest BCUT2D eigenvalue weighted by molar-refractivity contribution is -0.152. The maximum absolute atomic E-state index is 13.6. The lowest BCUT2D eigenvalue weighted by atomic mass is 9.77. The van der Waals surface area contributed by atoms with Crippen molar-refractivity contribution in [3.05, 3.63) is 88.7 Å². The molecule has 1 aliphatic heterocycles. The molecule has 210 valence electrons. The number of carbonyl (C=O) groups is 2. The quantitative estimate of drug-likeness (QED) is 0.266. The summed E-state index contributed by atoms with van der Waals surface area (Å²) in [5.41, 5.74) is 4.62. The smallest absolute Gasteiger partial charge is 0.312 e. The molecule has 2 aromatic heterocycles. The fourth-order valence-electron chi connectivity index (χ4n) is 5.51. The van der Waals surface area contributed by atoms with Crippen LogP contribution in [0.1, 0.15) is 42.1 Å². The predicted molar refractivity (Wildman–Crippen MR) is 156 cm³/mol. The van der Waals surface area contributed by atoms with Crippen LogP contribution in [0.25, 0.3) is 11.0 Å². The number of aromatic nitrogens is 2. The van der Waals surface area contributed by atoms with E-state index >= 15 is 0 Å². The molecule has 0 radical (unpaired) electrons. The van der Waals surface area contributed by atoms with Crippen LogP contribution in [0.2, 0.25) is 0 Å². The van der Waals surface area contributed by atoms with Gasteiger partial charge in [-0.15, -0.1) is 11.3 Å². The Labute approximate surface area is 241 Å². The minimum atomic E-state index is -0.505. The molecule has 4 aromatic rings. The highest BCUT2D eigenvalue weighted by Gasteiger charge is 2.43. The molecule has 1 amide bonds. The van der Waals surface area contributed by atoms with Crippen LogP contribution in [0.5, 0.6) is 11.5 Å². The third kappa shape index (κ3) is 5.60. The molecule has 0 saturated heterocycles. The van der Waals surface area contributed by atoms with E-state index < -0.39 is 12.6 Å². The Bertz CT molecular complexity index is 1590. The van der Waals surface area contributed by atoms with Crippen molar-refractivity contribution in [2.75, 3.05) is 20.8 Å². The number of fused-ring (bicyclic) bond motifs is 2. The lowest BCUT2D eigenvalue weighted by Gasteiger charge is -2.29. The van der Waals surface area contributed by atoms with Gasteiger partial charge in [0.15, 0.2) is 11.6 Å². The van der Waals surface area contributed by atoms with Crippen LogP contribution in [-0.2, 0) is 20.7 Å². The fourth-order valence-corrected chi connectivity index (χ4v) is 6.23. The molecule has 0 bridgehead atoms. The van der Waals surface area contributed by atoms with Gasteiger partial charge < -0.3 is 14.2 Å². The standard InChI is InChI=1S/C31H30N4O5S/c1-38-24-10-6-20(7-11-24)16-22-4-3-5-26-29(22)33-35(30(26)21-8-12-25(39-2)13-9-21)27(36)19-40-28(37)17-23-18-34-14-15-41-31(34)32-23/h6-16,18,26,30H,3-5,17,19H2,1-2H3. The van der Waals surface area contributed by atoms with Crippen LogP contribution in [-0.4, -0.2) is 52.8 Å². The number of nitrogens with zero attached hydrogens (tertiary/aromatic N) is 4. The summed E-state index contributed by atoms with van der Waals surface area (Å²) in [5, 5.41) is 8.31. The summed E-state index contributed by atoms with van der Waals surface area (Å²) in [5.74, 6) is 0.693. The van der Waals surface area contributed by atoms with Crippen LogP contribution in [0.3, 0.4) is 0 Å². The maximum atomic E-state index is 13.6. The van der Waals surface area contributed by atoms with Gasteiger partial charge in [-0.3, -0.25) is 14.0 Å². The molecule has 1 saturated carbocycles. The Hall–Kier alpha value is -4.44. The van der Waals surface area contributed by atoms with Gasteiger partial charge in [-0.2, -0.15) is 5.10 Å². The van der Waals surface area contributed by atoms with E-state index in [2.05, 4.69) is 11.1 Å². The summed E-state index contributed by atoms with van der Waals surface area (Å²) in [7, 11) is 3.27. The number of methoxy groups -OCH3 is 2. The second-order valence-electron chi connectivity index (χ2n) is 10.0. The molecule has 6 rings (SSSR count). The van der Waals surface area contributed by atoms with Gasteiger partial charge >= 0.3 is 5.97 Å². The summed E-state index contributed by atoms with van der Waals surface area (Å²) < 4.78 is 17.9. The zero-order chi connectivity index (χ0) is 28.3. The molecule has 2 atom stereocenters. The number of benzene rings is 2. The number of thiazole rings is 1. The van der Waals surface area contributed by atoms with Crippen LogP contribution in [0.15, 0.2) is 77.0 Å². The first kappa shape index (κ1) is 26.8. The van der Waals surface area contributed by atoms with E-state index in [1.54, 1.807) is 20.4 Å². The molecular weight excluding hydrogens is 540 g/mol. The van der Waals surface area contributed by atoms with Gasteiger partial charge in [-0.25, -0.2) is 9.99 Å². The molecule has 10 heteroatoms. The lowest BCUT2D eigenvalue weighted by Crippen LogP contribution is -2.34. The van der Waals surface area contributed by atoms with E-state index in [0.29, 0.717) is 5.69 Å². The van der Waals surface area contributed by atoms with Gasteiger partial charge in [0.2, 0.25) is 0 Å². The molecule has 1 fully saturated rings.